The van der Waals surface area contributed by atoms with E-state index in [2.05, 4.69) is 16.7 Å². The molecule has 1 aliphatic heterocycles. The fourth-order valence-corrected chi connectivity index (χ4v) is 4.68. The number of benzene rings is 2. The molecule has 0 N–H and O–H groups in total. The average molecular weight is 453 g/mol. The number of anilines is 1. The van der Waals surface area contributed by atoms with Gasteiger partial charge in [-0.05, 0) is 75.2 Å². The molecule has 2 aromatic carbocycles. The number of hydrogen-bond acceptors (Lipinski definition) is 4. The molecule has 1 aliphatic rings. The molecule has 4 rings (SSSR count). The fraction of sp³-hybridized carbons (Fsp3) is 0.462. The van der Waals surface area contributed by atoms with Gasteiger partial charge in [0.2, 0.25) is 0 Å². The molecule has 0 aliphatic carbocycles. The number of nitrogens with zero attached hydrogens (tertiary/aromatic N) is 4. The van der Waals surface area contributed by atoms with Gasteiger partial charge in [-0.25, -0.2) is 9.18 Å². The van der Waals surface area contributed by atoms with Crippen LogP contribution in [-0.2, 0) is 13.1 Å². The summed E-state index contributed by atoms with van der Waals surface area (Å²) in [5.41, 5.74) is 3.49. The molecule has 0 unspecified atom stereocenters. The van der Waals surface area contributed by atoms with E-state index in [-0.39, 0.29) is 17.3 Å². The Labute approximate surface area is 194 Å². The van der Waals surface area contributed by atoms with Gasteiger partial charge in [0.15, 0.2) is 5.78 Å². The molecule has 1 aromatic heterocycles. The van der Waals surface area contributed by atoms with Crippen molar-refractivity contribution in [1.29, 1.82) is 0 Å². The van der Waals surface area contributed by atoms with Crippen LogP contribution in [0.25, 0.3) is 11.0 Å². The Bertz CT molecular complexity index is 1160. The summed E-state index contributed by atoms with van der Waals surface area (Å²) in [6, 6.07) is 12.3. The van der Waals surface area contributed by atoms with Gasteiger partial charge in [-0.2, -0.15) is 0 Å². The minimum Gasteiger partial charge on any atom is -0.369 e. The van der Waals surface area contributed by atoms with E-state index in [4.69, 9.17) is 0 Å². The van der Waals surface area contributed by atoms with Crippen LogP contribution in [0.5, 0.6) is 0 Å². The lowest BCUT2D eigenvalue weighted by atomic mass is 10.1. The standard InChI is InChI=1S/C26H33FN4O2/c1-3-12-30-25-19-21(20(2)32)6-11-24(25)31(26(30)33)14-5-4-13-28-15-17-29(18-16-28)23-9-7-22(27)8-10-23/h6-11,19H,3-5,12-18H2,1-2H3. The Morgan fingerprint density at radius 2 is 1.55 bits per heavy atom. The molecular formula is C26H33FN4O2. The molecule has 0 spiro atoms. The van der Waals surface area contributed by atoms with Gasteiger partial charge in [0.25, 0.3) is 0 Å². The predicted molar refractivity (Wildman–Crippen MR) is 131 cm³/mol. The maximum atomic E-state index is 13.1. The van der Waals surface area contributed by atoms with Gasteiger partial charge in [0.1, 0.15) is 5.82 Å². The van der Waals surface area contributed by atoms with Crippen molar-refractivity contribution in [3.63, 3.8) is 0 Å². The first kappa shape index (κ1) is 23.2. The smallest absolute Gasteiger partial charge is 0.329 e. The number of piperazine rings is 1. The number of carbonyl (C=O) groups is 1. The second-order valence-corrected chi connectivity index (χ2v) is 8.86. The number of Topliss-reactive ketones (excluding diaryl/α,β-unsaturated/α-hetero) is 1. The van der Waals surface area contributed by atoms with Crippen LogP contribution in [-0.4, -0.2) is 52.5 Å². The molecular weight excluding hydrogens is 419 g/mol. The molecule has 0 amide bonds. The highest BCUT2D eigenvalue weighted by Crippen LogP contribution is 2.19. The Kier molecular flexibility index (Phi) is 7.28. The normalized spacial score (nSPS) is 14.8. The zero-order valence-corrected chi connectivity index (χ0v) is 19.6. The number of halogens is 1. The summed E-state index contributed by atoms with van der Waals surface area (Å²) in [5, 5.41) is 0. The zero-order valence-electron chi connectivity index (χ0n) is 19.6. The van der Waals surface area contributed by atoms with Gasteiger partial charge in [-0.1, -0.05) is 6.92 Å². The summed E-state index contributed by atoms with van der Waals surface area (Å²) < 4.78 is 16.8. The minimum atomic E-state index is -0.200. The quantitative estimate of drug-likeness (QED) is 0.361. The Hall–Kier alpha value is -2.93. The van der Waals surface area contributed by atoms with Gasteiger partial charge in [0, 0.05) is 50.5 Å². The number of fused-ring (bicyclic) bond motifs is 1. The van der Waals surface area contributed by atoms with Crippen molar-refractivity contribution in [1.82, 2.24) is 14.0 Å². The summed E-state index contributed by atoms with van der Waals surface area (Å²) in [6.07, 6.45) is 2.82. The van der Waals surface area contributed by atoms with Crippen LogP contribution in [0.3, 0.4) is 0 Å². The number of hydrogen-bond donors (Lipinski definition) is 0. The molecule has 3 aromatic rings. The van der Waals surface area contributed by atoms with Crippen molar-refractivity contribution in [2.24, 2.45) is 0 Å². The molecule has 176 valence electrons. The summed E-state index contributed by atoms with van der Waals surface area (Å²) in [7, 11) is 0. The van der Waals surface area contributed by atoms with Gasteiger partial charge in [-0.15, -0.1) is 0 Å². The van der Waals surface area contributed by atoms with E-state index in [9.17, 15) is 14.0 Å². The molecule has 0 bridgehead atoms. The Balaban J connectivity index is 1.33. The number of aryl methyl sites for hydroxylation is 2. The first-order valence-corrected chi connectivity index (χ1v) is 11.9. The Morgan fingerprint density at radius 1 is 0.879 bits per heavy atom. The van der Waals surface area contributed by atoms with Crippen molar-refractivity contribution in [3.8, 4) is 0 Å². The number of unbranched alkanes of at least 4 members (excludes halogenated alkanes) is 1. The van der Waals surface area contributed by atoms with Crippen molar-refractivity contribution >= 4 is 22.5 Å². The SMILES string of the molecule is CCCn1c(=O)n(CCCCN2CCN(c3ccc(F)cc3)CC2)c2ccc(C(C)=O)cc21. The zero-order chi connectivity index (χ0) is 23.4. The van der Waals surface area contributed by atoms with Crippen LogP contribution in [0.2, 0.25) is 0 Å². The molecule has 7 heteroatoms. The van der Waals surface area contributed by atoms with E-state index in [1.807, 2.05) is 34.9 Å². The molecule has 1 saturated heterocycles. The van der Waals surface area contributed by atoms with E-state index in [0.29, 0.717) is 18.7 Å². The molecule has 1 fully saturated rings. The van der Waals surface area contributed by atoms with Gasteiger partial charge in [-0.3, -0.25) is 18.8 Å². The van der Waals surface area contributed by atoms with Crippen LogP contribution in [0.1, 0.15) is 43.5 Å². The van der Waals surface area contributed by atoms with Crippen molar-refractivity contribution in [3.05, 3.63) is 64.3 Å². The average Bonchev–Trinajstić information content (AvgIpc) is 3.08. The van der Waals surface area contributed by atoms with Crippen molar-refractivity contribution in [2.75, 3.05) is 37.6 Å². The van der Waals surface area contributed by atoms with E-state index < -0.39 is 0 Å². The van der Waals surface area contributed by atoms with Crippen LogP contribution < -0.4 is 10.6 Å². The topological polar surface area (TPSA) is 50.5 Å². The van der Waals surface area contributed by atoms with Crippen LogP contribution in [0, 0.1) is 5.82 Å². The Morgan fingerprint density at radius 3 is 2.21 bits per heavy atom. The van der Waals surface area contributed by atoms with Crippen molar-refractivity contribution in [2.45, 2.75) is 46.2 Å². The lowest BCUT2D eigenvalue weighted by Crippen LogP contribution is -2.46. The fourth-order valence-electron chi connectivity index (χ4n) is 4.68. The number of imidazole rings is 1. The predicted octanol–water partition coefficient (Wildman–Crippen LogP) is 4.16. The van der Waals surface area contributed by atoms with E-state index >= 15 is 0 Å². The second-order valence-electron chi connectivity index (χ2n) is 8.86. The first-order valence-electron chi connectivity index (χ1n) is 11.9. The summed E-state index contributed by atoms with van der Waals surface area (Å²) >= 11 is 0. The highest BCUT2D eigenvalue weighted by atomic mass is 19.1. The third-order valence-electron chi connectivity index (χ3n) is 6.54. The third-order valence-corrected chi connectivity index (χ3v) is 6.54. The number of carbonyl (C=O) groups excluding carboxylic acids is 1. The second kappa shape index (κ2) is 10.3. The maximum Gasteiger partial charge on any atom is 0.329 e. The molecule has 0 atom stereocenters. The minimum absolute atomic E-state index is 0.0136. The molecule has 33 heavy (non-hydrogen) atoms. The maximum absolute atomic E-state index is 13.1. The highest BCUT2D eigenvalue weighted by molar-refractivity contribution is 5.97. The number of aromatic nitrogens is 2. The summed E-state index contributed by atoms with van der Waals surface area (Å²) in [4.78, 5) is 29.6. The third kappa shape index (κ3) is 5.19. The van der Waals surface area contributed by atoms with Crippen molar-refractivity contribution < 1.29 is 9.18 Å². The largest absolute Gasteiger partial charge is 0.369 e. The lowest BCUT2D eigenvalue weighted by molar-refractivity contribution is 0.101. The molecule has 0 radical (unpaired) electrons. The van der Waals surface area contributed by atoms with E-state index in [1.54, 1.807) is 11.5 Å². The highest BCUT2D eigenvalue weighted by Gasteiger charge is 2.18. The summed E-state index contributed by atoms with van der Waals surface area (Å²) in [6.45, 7) is 9.81. The first-order chi connectivity index (χ1) is 16.0. The van der Waals surface area contributed by atoms with Gasteiger partial charge < -0.3 is 4.90 Å². The summed E-state index contributed by atoms with van der Waals surface area (Å²) in [5.74, 6) is -0.187. The van der Waals surface area contributed by atoms with E-state index in [0.717, 1.165) is 68.7 Å². The number of rotatable bonds is 9. The van der Waals surface area contributed by atoms with E-state index in [1.165, 1.54) is 12.1 Å². The van der Waals surface area contributed by atoms with Crippen LogP contribution in [0.15, 0.2) is 47.3 Å². The van der Waals surface area contributed by atoms with Crippen LogP contribution in [0.4, 0.5) is 10.1 Å². The lowest BCUT2D eigenvalue weighted by Gasteiger charge is -2.36. The monoisotopic (exact) mass is 452 g/mol. The molecule has 6 nitrogen and oxygen atoms in total. The molecule has 2 heterocycles. The van der Waals surface area contributed by atoms with Gasteiger partial charge in [0.05, 0.1) is 11.0 Å². The van der Waals surface area contributed by atoms with Gasteiger partial charge >= 0.3 is 5.69 Å². The molecule has 0 saturated carbocycles. The number of ketones is 1. The van der Waals surface area contributed by atoms with Crippen LogP contribution >= 0.6 is 0 Å².